The number of piperidine rings is 1. The molecule has 0 aromatic rings. The molecule has 1 aliphatic heterocycles. The molecule has 1 rings (SSSR count). The molecule has 0 bridgehead atoms. The number of methoxy groups -OCH3 is 1. The zero-order valence-corrected chi connectivity index (χ0v) is 11.0. The van der Waals surface area contributed by atoms with Crippen LogP contribution in [0.3, 0.4) is 0 Å². The molecular weight excluding hydrogens is 200 g/mol. The van der Waals surface area contributed by atoms with Gasteiger partial charge in [0, 0.05) is 26.3 Å². The number of hydrogen-bond acceptors (Lipinski definition) is 3. The molecule has 0 aliphatic carbocycles. The molecule has 0 radical (unpaired) electrons. The third-order valence-electron chi connectivity index (χ3n) is 3.84. The highest BCUT2D eigenvalue weighted by molar-refractivity contribution is 4.81. The average Bonchev–Trinajstić information content (AvgIpc) is 2.34. The smallest absolute Gasteiger partial charge is 0.0462 e. The second kappa shape index (κ2) is 8.04. The minimum atomic E-state index is 0.626. The van der Waals surface area contributed by atoms with Crippen LogP contribution in [0, 0.1) is 5.92 Å². The Balaban J connectivity index is 2.24. The van der Waals surface area contributed by atoms with E-state index in [9.17, 15) is 0 Å². The SMILES string of the molecule is CCC1CCN(CCCCOC)C(CN)C1. The van der Waals surface area contributed by atoms with E-state index in [1.165, 1.54) is 45.2 Å². The fourth-order valence-electron chi connectivity index (χ4n) is 2.65. The van der Waals surface area contributed by atoms with Gasteiger partial charge in [-0.3, -0.25) is 4.90 Å². The first-order valence-electron chi connectivity index (χ1n) is 6.74. The summed E-state index contributed by atoms with van der Waals surface area (Å²) >= 11 is 0. The van der Waals surface area contributed by atoms with Crippen LogP contribution in [0.15, 0.2) is 0 Å². The quantitative estimate of drug-likeness (QED) is 0.676. The van der Waals surface area contributed by atoms with Gasteiger partial charge in [-0.05, 0) is 44.7 Å². The van der Waals surface area contributed by atoms with Crippen LogP contribution in [0.2, 0.25) is 0 Å². The summed E-state index contributed by atoms with van der Waals surface area (Å²) in [4.78, 5) is 2.59. The molecule has 96 valence electrons. The predicted octanol–water partition coefficient (Wildman–Crippen LogP) is 1.86. The number of hydrogen-bond donors (Lipinski definition) is 1. The van der Waals surface area contributed by atoms with Crippen molar-refractivity contribution in [2.45, 2.75) is 45.1 Å². The predicted molar refractivity (Wildman–Crippen MR) is 68.5 cm³/mol. The third-order valence-corrected chi connectivity index (χ3v) is 3.84. The van der Waals surface area contributed by atoms with E-state index in [0.717, 1.165) is 19.1 Å². The molecule has 0 aromatic carbocycles. The summed E-state index contributed by atoms with van der Waals surface area (Å²) in [5.41, 5.74) is 5.87. The standard InChI is InChI=1S/C13H28N2O/c1-3-12-6-8-15(13(10-12)11-14)7-4-5-9-16-2/h12-13H,3-11,14H2,1-2H3. The van der Waals surface area contributed by atoms with E-state index in [0.29, 0.717) is 6.04 Å². The van der Waals surface area contributed by atoms with Crippen molar-refractivity contribution < 1.29 is 4.74 Å². The van der Waals surface area contributed by atoms with Gasteiger partial charge in [0.1, 0.15) is 0 Å². The van der Waals surface area contributed by atoms with Crippen LogP contribution in [-0.4, -0.2) is 44.3 Å². The number of rotatable bonds is 7. The van der Waals surface area contributed by atoms with Crippen molar-refractivity contribution in [3.63, 3.8) is 0 Å². The van der Waals surface area contributed by atoms with E-state index in [4.69, 9.17) is 10.5 Å². The summed E-state index contributed by atoms with van der Waals surface area (Å²) in [6.07, 6.45) is 6.38. The maximum Gasteiger partial charge on any atom is 0.0462 e. The Bertz CT molecular complexity index is 175. The summed E-state index contributed by atoms with van der Waals surface area (Å²) in [7, 11) is 1.77. The van der Waals surface area contributed by atoms with Gasteiger partial charge in [-0.25, -0.2) is 0 Å². The van der Waals surface area contributed by atoms with Crippen LogP contribution in [-0.2, 0) is 4.74 Å². The Labute approximate surface area is 100 Å². The lowest BCUT2D eigenvalue weighted by Crippen LogP contribution is -2.46. The first-order chi connectivity index (χ1) is 7.81. The van der Waals surface area contributed by atoms with E-state index >= 15 is 0 Å². The molecule has 0 spiro atoms. The summed E-state index contributed by atoms with van der Waals surface area (Å²) < 4.78 is 5.08. The monoisotopic (exact) mass is 228 g/mol. The van der Waals surface area contributed by atoms with Crippen LogP contribution in [0.1, 0.15) is 39.0 Å². The first-order valence-corrected chi connectivity index (χ1v) is 6.74. The molecule has 2 N–H and O–H groups in total. The number of nitrogens with two attached hydrogens (primary N) is 1. The molecule has 1 saturated heterocycles. The fraction of sp³-hybridized carbons (Fsp3) is 1.00. The molecule has 3 nitrogen and oxygen atoms in total. The largest absolute Gasteiger partial charge is 0.385 e. The second-order valence-electron chi connectivity index (χ2n) is 4.92. The Kier molecular flexibility index (Phi) is 7.01. The zero-order chi connectivity index (χ0) is 11.8. The van der Waals surface area contributed by atoms with Gasteiger partial charge in [0.2, 0.25) is 0 Å². The van der Waals surface area contributed by atoms with Crippen molar-refractivity contribution in [2.75, 3.05) is 33.4 Å². The van der Waals surface area contributed by atoms with Crippen LogP contribution in [0.4, 0.5) is 0 Å². The Morgan fingerprint density at radius 3 is 2.81 bits per heavy atom. The normalized spacial score (nSPS) is 27.2. The van der Waals surface area contributed by atoms with E-state index in [1.54, 1.807) is 7.11 Å². The van der Waals surface area contributed by atoms with Crippen molar-refractivity contribution in [2.24, 2.45) is 11.7 Å². The van der Waals surface area contributed by atoms with Crippen molar-refractivity contribution in [3.05, 3.63) is 0 Å². The topological polar surface area (TPSA) is 38.5 Å². The Morgan fingerprint density at radius 1 is 1.38 bits per heavy atom. The highest BCUT2D eigenvalue weighted by atomic mass is 16.5. The minimum Gasteiger partial charge on any atom is -0.385 e. The maximum atomic E-state index is 5.87. The first kappa shape index (κ1) is 13.9. The van der Waals surface area contributed by atoms with Crippen LogP contribution in [0.5, 0.6) is 0 Å². The van der Waals surface area contributed by atoms with Gasteiger partial charge in [0.05, 0.1) is 0 Å². The maximum absolute atomic E-state index is 5.87. The molecule has 2 atom stereocenters. The van der Waals surface area contributed by atoms with E-state index in [2.05, 4.69) is 11.8 Å². The van der Waals surface area contributed by atoms with E-state index < -0.39 is 0 Å². The van der Waals surface area contributed by atoms with Crippen molar-refractivity contribution in [1.29, 1.82) is 0 Å². The van der Waals surface area contributed by atoms with Gasteiger partial charge in [0.25, 0.3) is 0 Å². The summed E-state index contributed by atoms with van der Waals surface area (Å²) in [6.45, 7) is 6.45. The third kappa shape index (κ3) is 4.40. The minimum absolute atomic E-state index is 0.626. The number of nitrogens with zero attached hydrogens (tertiary/aromatic N) is 1. The zero-order valence-electron chi connectivity index (χ0n) is 11.0. The van der Waals surface area contributed by atoms with Crippen molar-refractivity contribution >= 4 is 0 Å². The van der Waals surface area contributed by atoms with Gasteiger partial charge in [0.15, 0.2) is 0 Å². The van der Waals surface area contributed by atoms with Crippen molar-refractivity contribution in [3.8, 4) is 0 Å². The number of unbranched alkanes of at least 4 members (excludes halogenated alkanes) is 1. The van der Waals surface area contributed by atoms with E-state index in [1.807, 2.05) is 0 Å². The lowest BCUT2D eigenvalue weighted by Gasteiger charge is -2.38. The molecule has 0 saturated carbocycles. The summed E-state index contributed by atoms with van der Waals surface area (Å²) in [6, 6.07) is 0.626. The molecule has 0 amide bonds. The Hall–Kier alpha value is -0.120. The van der Waals surface area contributed by atoms with Gasteiger partial charge >= 0.3 is 0 Å². The van der Waals surface area contributed by atoms with Crippen molar-refractivity contribution in [1.82, 2.24) is 4.90 Å². The van der Waals surface area contributed by atoms with Crippen LogP contribution < -0.4 is 5.73 Å². The lowest BCUT2D eigenvalue weighted by atomic mass is 9.89. The molecule has 1 heterocycles. The highest BCUT2D eigenvalue weighted by Crippen LogP contribution is 2.24. The number of likely N-dealkylation sites (tertiary alicyclic amines) is 1. The molecular formula is C13H28N2O. The number of ether oxygens (including phenoxy) is 1. The molecule has 0 aromatic heterocycles. The van der Waals surface area contributed by atoms with Crippen LogP contribution in [0.25, 0.3) is 0 Å². The second-order valence-corrected chi connectivity index (χ2v) is 4.92. The van der Waals surface area contributed by atoms with Gasteiger partial charge in [-0.2, -0.15) is 0 Å². The fourth-order valence-corrected chi connectivity index (χ4v) is 2.65. The molecule has 16 heavy (non-hydrogen) atoms. The molecule has 1 aliphatic rings. The Morgan fingerprint density at radius 2 is 2.19 bits per heavy atom. The highest BCUT2D eigenvalue weighted by Gasteiger charge is 2.25. The van der Waals surface area contributed by atoms with E-state index in [-0.39, 0.29) is 0 Å². The molecule has 3 heteroatoms. The summed E-state index contributed by atoms with van der Waals surface area (Å²) in [5.74, 6) is 0.906. The van der Waals surface area contributed by atoms with Gasteiger partial charge in [-0.15, -0.1) is 0 Å². The van der Waals surface area contributed by atoms with Gasteiger partial charge < -0.3 is 10.5 Å². The average molecular weight is 228 g/mol. The lowest BCUT2D eigenvalue weighted by molar-refractivity contribution is 0.108. The van der Waals surface area contributed by atoms with Crippen LogP contribution >= 0.6 is 0 Å². The summed E-state index contributed by atoms with van der Waals surface area (Å²) in [5, 5.41) is 0. The molecule has 1 fully saturated rings. The van der Waals surface area contributed by atoms with Gasteiger partial charge in [-0.1, -0.05) is 13.3 Å². The molecule has 2 unspecified atom stereocenters.